The van der Waals surface area contributed by atoms with Crippen LogP contribution in [0.2, 0.25) is 0 Å². The smallest absolute Gasteiger partial charge is 1.00 e. The zero-order valence-electron chi connectivity index (χ0n) is 14.7. The molecule has 0 atom stereocenters. The third-order valence-electron chi connectivity index (χ3n) is 4.13. The minimum atomic E-state index is 0. The molecule has 0 saturated carbocycles. The van der Waals surface area contributed by atoms with Gasteiger partial charge in [-0.05, 0) is 0 Å². The predicted octanol–water partition coefficient (Wildman–Crippen LogP) is -0.0163. The van der Waals surface area contributed by atoms with Crippen LogP contribution in [0.4, 0.5) is 0 Å². The zero-order valence-corrected chi connectivity index (χ0v) is 18.7. The van der Waals surface area contributed by atoms with Crippen molar-refractivity contribution >= 4 is 0 Å². The Labute approximate surface area is 169 Å². The van der Waals surface area contributed by atoms with Crippen molar-refractivity contribution in [3.8, 4) is 0 Å². The molecule has 0 aromatic carbocycles. The van der Waals surface area contributed by atoms with Crippen LogP contribution in [-0.4, -0.2) is 0 Å². The summed E-state index contributed by atoms with van der Waals surface area (Å²) in [6, 6.07) is 0. The molecule has 0 N–H and O–H groups in total. The van der Waals surface area contributed by atoms with E-state index in [1.54, 1.807) is 0 Å². The Balaban J connectivity index is -0.000000290. The van der Waals surface area contributed by atoms with Crippen LogP contribution in [0.5, 0.6) is 0 Å². The Hall–Kier alpha value is 0.423. The molecule has 0 nitrogen and oxygen atoms in total. The van der Waals surface area contributed by atoms with Crippen LogP contribution < -0.4 is 24.8 Å². The summed E-state index contributed by atoms with van der Waals surface area (Å²) in [5.74, 6) is 0. The minimum absolute atomic E-state index is 0. The number of hydrogen-bond acceptors (Lipinski definition) is 0. The summed E-state index contributed by atoms with van der Waals surface area (Å²) in [5.41, 5.74) is 5.81. The molecular formula is C19H28Cl2Zr. The van der Waals surface area contributed by atoms with E-state index in [9.17, 15) is 0 Å². The summed E-state index contributed by atoms with van der Waals surface area (Å²) in [5, 5.41) is 0. The molecule has 0 fully saturated rings. The standard InChI is InChI=1S/C10H15.C9H13.2ClH.Zr/c1-7-6-10(4,5)9(3)8(7)2;1-2-3-6-9-7-4-5-8-9;;;/h1-5H3;4,7H,2-3,5-6H2,1H3;2*1H;/q2*-1;;;+4/p-2. The van der Waals surface area contributed by atoms with Crippen molar-refractivity contribution in [1.29, 1.82) is 0 Å². The van der Waals surface area contributed by atoms with Crippen molar-refractivity contribution in [3.63, 3.8) is 0 Å². The van der Waals surface area contributed by atoms with E-state index in [2.05, 4.69) is 65.8 Å². The predicted molar refractivity (Wildman–Crippen MR) is 84.6 cm³/mol. The van der Waals surface area contributed by atoms with Crippen LogP contribution in [0.3, 0.4) is 0 Å². The number of allylic oxidation sites excluding steroid dienone is 8. The quantitative estimate of drug-likeness (QED) is 0.566. The molecule has 22 heavy (non-hydrogen) atoms. The molecule has 0 aliphatic heterocycles. The Morgan fingerprint density at radius 3 is 2.00 bits per heavy atom. The number of hydrogen-bond donors (Lipinski definition) is 0. The van der Waals surface area contributed by atoms with Gasteiger partial charge in [0.15, 0.2) is 0 Å². The monoisotopic (exact) mass is 416 g/mol. The molecule has 0 radical (unpaired) electrons. The van der Waals surface area contributed by atoms with Crippen LogP contribution in [-0.2, 0) is 26.2 Å². The first kappa shape index (κ1) is 27.3. The van der Waals surface area contributed by atoms with E-state index in [4.69, 9.17) is 0 Å². The van der Waals surface area contributed by atoms with Gasteiger partial charge in [-0.2, -0.15) is 17.2 Å². The first-order valence-electron chi connectivity index (χ1n) is 7.44. The molecule has 2 aliphatic carbocycles. The van der Waals surface area contributed by atoms with E-state index in [0.29, 0.717) is 0 Å². The molecular weight excluding hydrogens is 390 g/mol. The van der Waals surface area contributed by atoms with Crippen LogP contribution in [0.25, 0.3) is 0 Å². The molecule has 0 bridgehead atoms. The van der Waals surface area contributed by atoms with Crippen molar-refractivity contribution in [1.82, 2.24) is 0 Å². The fourth-order valence-corrected chi connectivity index (χ4v) is 2.40. The summed E-state index contributed by atoms with van der Waals surface area (Å²) < 4.78 is 0. The molecule has 0 unspecified atom stereocenters. The largest absolute Gasteiger partial charge is 4.00 e. The van der Waals surface area contributed by atoms with E-state index in [0.717, 1.165) is 6.42 Å². The van der Waals surface area contributed by atoms with Gasteiger partial charge in [0, 0.05) is 0 Å². The SMILES string of the molecule is CC1=[C-]C(C)(C)C(C)=C1C.CCCCC1=[C-]CC=C1.[Cl-].[Cl-].[Zr+4]. The third kappa shape index (κ3) is 8.32. The summed E-state index contributed by atoms with van der Waals surface area (Å²) >= 11 is 0. The maximum absolute atomic E-state index is 3.44. The number of rotatable bonds is 3. The topological polar surface area (TPSA) is 0 Å². The summed E-state index contributed by atoms with van der Waals surface area (Å²) in [6.07, 6.45) is 16.0. The van der Waals surface area contributed by atoms with Gasteiger partial charge in [-0.25, -0.2) is 17.2 Å². The van der Waals surface area contributed by atoms with Crippen LogP contribution in [0, 0.1) is 17.6 Å². The van der Waals surface area contributed by atoms with Crippen molar-refractivity contribution < 1.29 is 51.0 Å². The van der Waals surface area contributed by atoms with Crippen LogP contribution >= 0.6 is 0 Å². The van der Waals surface area contributed by atoms with Gasteiger partial charge in [-0.3, -0.25) is 12.2 Å². The molecule has 3 heteroatoms. The van der Waals surface area contributed by atoms with Crippen molar-refractivity contribution in [3.05, 3.63) is 46.6 Å². The van der Waals surface area contributed by atoms with Crippen LogP contribution in [0.1, 0.15) is 67.2 Å². The van der Waals surface area contributed by atoms with E-state index in [1.165, 1.54) is 41.6 Å². The fraction of sp³-hybridized carbons (Fsp3) is 0.579. The Morgan fingerprint density at radius 1 is 1.14 bits per heavy atom. The van der Waals surface area contributed by atoms with Crippen molar-refractivity contribution in [2.24, 2.45) is 5.41 Å². The van der Waals surface area contributed by atoms with Crippen molar-refractivity contribution in [2.75, 3.05) is 0 Å². The second-order valence-electron chi connectivity index (χ2n) is 6.04. The number of unbranched alkanes of at least 4 members (excludes halogenated alkanes) is 1. The number of halogens is 2. The van der Waals surface area contributed by atoms with E-state index >= 15 is 0 Å². The fourth-order valence-electron chi connectivity index (χ4n) is 2.40. The van der Waals surface area contributed by atoms with Gasteiger partial charge in [-0.1, -0.05) is 59.3 Å². The summed E-state index contributed by atoms with van der Waals surface area (Å²) in [7, 11) is 0. The van der Waals surface area contributed by atoms with Gasteiger partial charge < -0.3 is 24.8 Å². The molecule has 0 saturated heterocycles. The second kappa shape index (κ2) is 12.8. The zero-order chi connectivity index (χ0) is 14.5. The molecule has 0 aromatic heterocycles. The van der Waals surface area contributed by atoms with Gasteiger partial charge in [0.1, 0.15) is 0 Å². The molecule has 122 valence electrons. The Bertz CT molecular complexity index is 440. The average Bonchev–Trinajstić information content (AvgIpc) is 2.92. The third-order valence-corrected chi connectivity index (χ3v) is 4.13. The van der Waals surface area contributed by atoms with Gasteiger partial charge in [-0.15, -0.1) is 13.3 Å². The van der Waals surface area contributed by atoms with Gasteiger partial charge >= 0.3 is 26.2 Å². The molecule has 0 spiro atoms. The first-order valence-corrected chi connectivity index (χ1v) is 7.44. The Morgan fingerprint density at radius 2 is 1.73 bits per heavy atom. The Kier molecular flexibility index (Phi) is 15.9. The second-order valence-corrected chi connectivity index (χ2v) is 6.04. The van der Waals surface area contributed by atoms with E-state index < -0.39 is 0 Å². The molecule has 2 aliphatic rings. The molecule has 0 aromatic rings. The van der Waals surface area contributed by atoms with Gasteiger partial charge in [0.25, 0.3) is 0 Å². The summed E-state index contributed by atoms with van der Waals surface area (Å²) in [6.45, 7) is 13.1. The normalized spacial score (nSPS) is 17.4. The van der Waals surface area contributed by atoms with Gasteiger partial charge in [0.05, 0.1) is 0 Å². The van der Waals surface area contributed by atoms with Crippen molar-refractivity contribution in [2.45, 2.75) is 67.2 Å². The van der Waals surface area contributed by atoms with Crippen LogP contribution in [0.15, 0.2) is 34.4 Å². The van der Waals surface area contributed by atoms with E-state index in [-0.39, 0.29) is 56.4 Å². The average molecular weight is 419 g/mol. The minimum Gasteiger partial charge on any atom is -1.00 e. The first-order chi connectivity index (χ1) is 8.88. The van der Waals surface area contributed by atoms with Gasteiger partial charge in [0.2, 0.25) is 0 Å². The summed E-state index contributed by atoms with van der Waals surface area (Å²) in [4.78, 5) is 0. The maximum atomic E-state index is 3.44. The molecule has 2 rings (SSSR count). The molecule has 0 heterocycles. The van der Waals surface area contributed by atoms with E-state index in [1.807, 2.05) is 0 Å². The maximum Gasteiger partial charge on any atom is 4.00 e. The molecule has 0 amide bonds.